The first-order chi connectivity index (χ1) is 8.18. The topological polar surface area (TPSA) is 0 Å². The summed E-state index contributed by atoms with van der Waals surface area (Å²) in [6.45, 7) is 0. The second kappa shape index (κ2) is 3.48. The van der Waals surface area contributed by atoms with E-state index in [0.717, 1.165) is 6.07 Å². The first-order valence-electron chi connectivity index (χ1n) is 5.13. The van der Waals surface area contributed by atoms with Gasteiger partial charge in [-0.05, 0) is 22.9 Å². The Balaban J connectivity index is 2.60. The van der Waals surface area contributed by atoms with E-state index in [1.54, 1.807) is 30.3 Å². The van der Waals surface area contributed by atoms with Crippen LogP contribution in [0.1, 0.15) is 0 Å². The lowest BCUT2D eigenvalue weighted by Crippen LogP contribution is -1.91. The van der Waals surface area contributed by atoms with Gasteiger partial charge in [0, 0.05) is 5.39 Å². The molecule has 0 nitrogen and oxygen atoms in total. The smallest absolute Gasteiger partial charge is 0.169 e. The van der Waals surface area contributed by atoms with Crippen LogP contribution in [0.2, 0.25) is 0 Å². The molecule has 0 aromatic heterocycles. The molecule has 3 aromatic carbocycles. The average Bonchev–Trinajstić information content (AvgIpc) is 2.34. The van der Waals surface area contributed by atoms with Gasteiger partial charge in [-0.1, -0.05) is 30.3 Å². The second-order valence-corrected chi connectivity index (χ2v) is 3.87. The van der Waals surface area contributed by atoms with Crippen LogP contribution in [-0.2, 0) is 0 Å². The highest BCUT2D eigenvalue weighted by molar-refractivity contribution is 5.99. The van der Waals surface area contributed by atoms with Crippen LogP contribution in [-0.4, -0.2) is 0 Å². The zero-order valence-electron chi connectivity index (χ0n) is 8.68. The molecule has 0 N–H and O–H groups in total. The Morgan fingerprint density at radius 3 is 2.29 bits per heavy atom. The molecule has 0 amide bonds. The number of benzene rings is 3. The molecule has 3 aromatic rings. The van der Waals surface area contributed by atoms with Gasteiger partial charge in [0.05, 0.1) is 5.39 Å². The molecule has 0 radical (unpaired) electrons. The Hall–Kier alpha value is -2.03. The normalized spacial score (nSPS) is 11.2. The van der Waals surface area contributed by atoms with E-state index in [9.17, 15) is 13.2 Å². The summed E-state index contributed by atoms with van der Waals surface area (Å²) in [5.74, 6) is -2.88. The van der Waals surface area contributed by atoms with Crippen LogP contribution in [0.5, 0.6) is 0 Å². The Labute approximate surface area is 95.3 Å². The van der Waals surface area contributed by atoms with E-state index in [1.165, 1.54) is 6.07 Å². The number of hydrogen-bond acceptors (Lipinski definition) is 0. The highest BCUT2D eigenvalue weighted by atomic mass is 19.2. The molecule has 0 spiro atoms. The van der Waals surface area contributed by atoms with Gasteiger partial charge in [-0.2, -0.15) is 0 Å². The minimum Gasteiger partial charge on any atom is -0.206 e. The van der Waals surface area contributed by atoms with Crippen LogP contribution < -0.4 is 0 Å². The fraction of sp³-hybridized carbons (Fsp3) is 0. The molecule has 0 aliphatic heterocycles. The highest BCUT2D eigenvalue weighted by Crippen LogP contribution is 2.29. The molecule has 0 aliphatic rings. The molecule has 3 heteroatoms. The Kier molecular flexibility index (Phi) is 2.08. The molecule has 17 heavy (non-hydrogen) atoms. The zero-order valence-corrected chi connectivity index (χ0v) is 8.68. The monoisotopic (exact) mass is 232 g/mol. The summed E-state index contributed by atoms with van der Waals surface area (Å²) in [4.78, 5) is 0. The maximum Gasteiger partial charge on any atom is 0.169 e. The van der Waals surface area contributed by atoms with Crippen molar-refractivity contribution in [2.75, 3.05) is 0 Å². The van der Waals surface area contributed by atoms with Crippen LogP contribution >= 0.6 is 0 Å². The third-order valence-electron chi connectivity index (χ3n) is 2.85. The van der Waals surface area contributed by atoms with Gasteiger partial charge in [0.2, 0.25) is 0 Å². The third kappa shape index (κ3) is 1.39. The van der Waals surface area contributed by atoms with Crippen molar-refractivity contribution in [1.82, 2.24) is 0 Å². The molecular formula is C14H7F3. The predicted molar refractivity (Wildman–Crippen MR) is 61.3 cm³/mol. The maximum absolute atomic E-state index is 14.1. The molecule has 0 bridgehead atoms. The Morgan fingerprint density at radius 1 is 0.706 bits per heavy atom. The lowest BCUT2D eigenvalue weighted by Gasteiger charge is -2.06. The Bertz CT molecular complexity index is 732. The summed E-state index contributed by atoms with van der Waals surface area (Å²) in [5.41, 5.74) is 0. The van der Waals surface area contributed by atoms with E-state index in [2.05, 4.69) is 0 Å². The molecule has 3 rings (SSSR count). The van der Waals surface area contributed by atoms with E-state index in [1.807, 2.05) is 0 Å². The number of fused-ring (bicyclic) bond motifs is 2. The SMILES string of the molecule is Fc1ccc2cc3ccccc3c(F)c2c1F. The van der Waals surface area contributed by atoms with Crippen molar-refractivity contribution in [2.45, 2.75) is 0 Å². The number of hydrogen-bond donors (Lipinski definition) is 0. The van der Waals surface area contributed by atoms with E-state index in [0.29, 0.717) is 16.2 Å². The fourth-order valence-corrected chi connectivity index (χ4v) is 2.03. The molecule has 0 fully saturated rings. The van der Waals surface area contributed by atoms with Crippen molar-refractivity contribution in [2.24, 2.45) is 0 Å². The average molecular weight is 232 g/mol. The van der Waals surface area contributed by atoms with E-state index in [-0.39, 0.29) is 5.39 Å². The predicted octanol–water partition coefficient (Wildman–Crippen LogP) is 4.41. The minimum absolute atomic E-state index is 0.288. The minimum atomic E-state index is -1.13. The summed E-state index contributed by atoms with van der Waals surface area (Å²) in [7, 11) is 0. The van der Waals surface area contributed by atoms with E-state index in [4.69, 9.17) is 0 Å². The summed E-state index contributed by atoms with van der Waals surface area (Å²) in [6.07, 6.45) is 0. The van der Waals surface area contributed by atoms with Crippen molar-refractivity contribution in [3.8, 4) is 0 Å². The highest BCUT2D eigenvalue weighted by Gasteiger charge is 2.14. The van der Waals surface area contributed by atoms with Gasteiger partial charge in [0.1, 0.15) is 5.82 Å². The molecule has 0 heterocycles. The standard InChI is InChI=1S/C14H7F3/c15-11-6-5-9-7-8-3-1-2-4-10(8)13(16)12(9)14(11)17/h1-7H. The fourth-order valence-electron chi connectivity index (χ4n) is 2.03. The van der Waals surface area contributed by atoms with E-state index < -0.39 is 17.5 Å². The molecular weight excluding hydrogens is 225 g/mol. The van der Waals surface area contributed by atoms with Gasteiger partial charge < -0.3 is 0 Å². The quantitative estimate of drug-likeness (QED) is 0.503. The Morgan fingerprint density at radius 2 is 1.47 bits per heavy atom. The van der Waals surface area contributed by atoms with Gasteiger partial charge >= 0.3 is 0 Å². The molecule has 0 atom stereocenters. The third-order valence-corrected chi connectivity index (χ3v) is 2.85. The van der Waals surface area contributed by atoms with Crippen LogP contribution in [0.4, 0.5) is 13.2 Å². The zero-order chi connectivity index (χ0) is 12.0. The molecule has 84 valence electrons. The van der Waals surface area contributed by atoms with Crippen molar-refractivity contribution in [1.29, 1.82) is 0 Å². The summed E-state index contributed by atoms with van der Waals surface area (Å²) in [5, 5.41) is 1.04. The molecule has 0 unspecified atom stereocenters. The largest absolute Gasteiger partial charge is 0.206 e. The van der Waals surface area contributed by atoms with Gasteiger partial charge in [0.25, 0.3) is 0 Å². The number of rotatable bonds is 0. The first-order valence-corrected chi connectivity index (χ1v) is 5.13. The van der Waals surface area contributed by atoms with Crippen LogP contribution in [0.3, 0.4) is 0 Å². The van der Waals surface area contributed by atoms with Crippen molar-refractivity contribution < 1.29 is 13.2 Å². The molecule has 0 saturated heterocycles. The number of halogens is 3. The van der Waals surface area contributed by atoms with Gasteiger partial charge in [-0.3, -0.25) is 0 Å². The van der Waals surface area contributed by atoms with Crippen molar-refractivity contribution in [3.05, 3.63) is 59.9 Å². The van der Waals surface area contributed by atoms with E-state index >= 15 is 0 Å². The van der Waals surface area contributed by atoms with Crippen LogP contribution in [0.15, 0.2) is 42.5 Å². The molecule has 0 saturated carbocycles. The van der Waals surface area contributed by atoms with Gasteiger partial charge in [0.15, 0.2) is 11.6 Å². The first kappa shape index (κ1) is 10.1. The summed E-state index contributed by atoms with van der Waals surface area (Å²) in [6, 6.07) is 10.8. The lowest BCUT2D eigenvalue weighted by molar-refractivity contribution is 0.512. The van der Waals surface area contributed by atoms with Gasteiger partial charge in [-0.25, -0.2) is 13.2 Å². The van der Waals surface area contributed by atoms with Crippen LogP contribution in [0, 0.1) is 17.5 Å². The molecule has 0 aliphatic carbocycles. The summed E-state index contributed by atoms with van der Waals surface area (Å²) < 4.78 is 40.8. The van der Waals surface area contributed by atoms with Gasteiger partial charge in [-0.15, -0.1) is 0 Å². The lowest BCUT2D eigenvalue weighted by atomic mass is 10.0. The van der Waals surface area contributed by atoms with Crippen LogP contribution in [0.25, 0.3) is 21.5 Å². The van der Waals surface area contributed by atoms with Crippen molar-refractivity contribution in [3.63, 3.8) is 0 Å². The maximum atomic E-state index is 14.1. The second-order valence-electron chi connectivity index (χ2n) is 3.87. The van der Waals surface area contributed by atoms with Crippen molar-refractivity contribution >= 4 is 21.5 Å². The summed E-state index contributed by atoms with van der Waals surface area (Å²) >= 11 is 0.